The third-order valence-corrected chi connectivity index (χ3v) is 4.73. The lowest BCUT2D eigenvalue weighted by molar-refractivity contribution is 0.172. The van der Waals surface area contributed by atoms with Crippen LogP contribution in [0.2, 0.25) is 0 Å². The molecule has 2 heteroatoms. The second-order valence-electron chi connectivity index (χ2n) is 7.47. The van der Waals surface area contributed by atoms with E-state index in [0.29, 0.717) is 6.10 Å². The number of anilines is 1. The number of benzene rings is 1. The maximum Gasteiger partial charge on any atom is 0.142 e. The van der Waals surface area contributed by atoms with Gasteiger partial charge in [0.2, 0.25) is 0 Å². The number of nitrogens with one attached hydrogen (secondary N) is 1. The van der Waals surface area contributed by atoms with Crippen LogP contribution in [0.4, 0.5) is 5.69 Å². The van der Waals surface area contributed by atoms with Gasteiger partial charge in [-0.3, -0.25) is 0 Å². The van der Waals surface area contributed by atoms with Crippen LogP contribution < -0.4 is 10.1 Å². The number of ether oxygens (including phenoxy) is 1. The Labute approximate surface area is 122 Å². The number of hydrogen-bond donors (Lipinski definition) is 1. The molecule has 3 rings (SSSR count). The zero-order chi connectivity index (χ0) is 14.2. The third-order valence-electron chi connectivity index (χ3n) is 4.73. The average molecular weight is 273 g/mol. The highest BCUT2D eigenvalue weighted by Crippen LogP contribution is 2.36. The van der Waals surface area contributed by atoms with Gasteiger partial charge in [0, 0.05) is 0 Å². The molecule has 0 saturated heterocycles. The molecule has 0 radical (unpaired) electrons. The second kappa shape index (κ2) is 5.31. The molecule has 110 valence electrons. The van der Waals surface area contributed by atoms with E-state index in [1.807, 2.05) is 0 Å². The highest BCUT2D eigenvalue weighted by atomic mass is 16.5. The number of hydrogen-bond acceptors (Lipinski definition) is 2. The third kappa shape index (κ3) is 2.94. The van der Waals surface area contributed by atoms with Gasteiger partial charge in [0.25, 0.3) is 0 Å². The van der Waals surface area contributed by atoms with Gasteiger partial charge in [0.05, 0.1) is 12.2 Å². The Balaban J connectivity index is 1.69. The van der Waals surface area contributed by atoms with E-state index in [1.54, 1.807) is 0 Å². The molecule has 2 nitrogen and oxygen atoms in total. The summed E-state index contributed by atoms with van der Waals surface area (Å²) < 4.78 is 6.20. The topological polar surface area (TPSA) is 21.3 Å². The summed E-state index contributed by atoms with van der Waals surface area (Å²) >= 11 is 0. The zero-order valence-corrected chi connectivity index (χ0v) is 13.0. The van der Waals surface area contributed by atoms with Crippen LogP contribution in [0.25, 0.3) is 0 Å². The van der Waals surface area contributed by atoms with Crippen molar-refractivity contribution in [3.63, 3.8) is 0 Å². The Bertz CT molecular complexity index is 469. The van der Waals surface area contributed by atoms with E-state index in [9.17, 15) is 0 Å². The van der Waals surface area contributed by atoms with Gasteiger partial charge in [-0.15, -0.1) is 0 Å². The predicted molar refractivity (Wildman–Crippen MR) is 84.6 cm³/mol. The average Bonchev–Trinajstić information content (AvgIpc) is 2.90. The van der Waals surface area contributed by atoms with E-state index >= 15 is 0 Å². The lowest BCUT2D eigenvalue weighted by atomic mass is 9.86. The fourth-order valence-corrected chi connectivity index (χ4v) is 3.43. The summed E-state index contributed by atoms with van der Waals surface area (Å²) in [6.45, 7) is 7.71. The molecule has 1 saturated carbocycles. The molecule has 1 aliphatic heterocycles. The van der Waals surface area contributed by atoms with E-state index in [2.05, 4.69) is 44.3 Å². The van der Waals surface area contributed by atoms with Crippen molar-refractivity contribution in [3.8, 4) is 5.75 Å². The largest absolute Gasteiger partial charge is 0.486 e. The summed E-state index contributed by atoms with van der Waals surface area (Å²) in [5.74, 6) is 1.92. The molecule has 20 heavy (non-hydrogen) atoms. The quantitative estimate of drug-likeness (QED) is 0.840. The van der Waals surface area contributed by atoms with Gasteiger partial charge in [-0.1, -0.05) is 52.5 Å². The van der Waals surface area contributed by atoms with Gasteiger partial charge in [0.1, 0.15) is 11.9 Å². The molecule has 1 N–H and O–H groups in total. The summed E-state index contributed by atoms with van der Waals surface area (Å²) in [6, 6.07) is 6.60. The minimum Gasteiger partial charge on any atom is -0.486 e. The van der Waals surface area contributed by atoms with Gasteiger partial charge in [-0.25, -0.2) is 0 Å². The molecule has 0 bridgehead atoms. The molecular weight excluding hydrogens is 246 g/mol. The van der Waals surface area contributed by atoms with Crippen molar-refractivity contribution in [2.75, 3.05) is 11.9 Å². The second-order valence-corrected chi connectivity index (χ2v) is 7.47. The number of rotatable bonds is 2. The summed E-state index contributed by atoms with van der Waals surface area (Å²) in [4.78, 5) is 0. The van der Waals surface area contributed by atoms with Crippen molar-refractivity contribution in [1.82, 2.24) is 0 Å². The maximum absolute atomic E-state index is 6.20. The molecule has 1 unspecified atom stereocenters. The monoisotopic (exact) mass is 273 g/mol. The Kier molecular flexibility index (Phi) is 3.66. The highest BCUT2D eigenvalue weighted by Gasteiger charge is 2.25. The normalized spacial score (nSPS) is 23.1. The van der Waals surface area contributed by atoms with Gasteiger partial charge >= 0.3 is 0 Å². The standard InChI is InChI=1S/C18H27NO/c1-18(2,3)14-8-9-17-16(11-14)19-12-15(20-17)10-13-6-4-5-7-13/h8-9,11,13,15,19H,4-7,10,12H2,1-3H3. The van der Waals surface area contributed by atoms with Crippen molar-refractivity contribution >= 4 is 5.69 Å². The van der Waals surface area contributed by atoms with Crippen LogP contribution in [0.1, 0.15) is 58.4 Å². The first-order valence-electron chi connectivity index (χ1n) is 8.07. The summed E-state index contributed by atoms with van der Waals surface area (Å²) in [6.07, 6.45) is 7.19. The van der Waals surface area contributed by atoms with E-state index in [1.165, 1.54) is 43.4 Å². The Morgan fingerprint density at radius 1 is 1.20 bits per heavy atom. The van der Waals surface area contributed by atoms with Crippen LogP contribution in [0.5, 0.6) is 5.75 Å². The SMILES string of the molecule is CC(C)(C)c1ccc2c(c1)NCC(CC1CCCC1)O2. The molecule has 0 amide bonds. The van der Waals surface area contributed by atoms with E-state index in [-0.39, 0.29) is 5.41 Å². The van der Waals surface area contributed by atoms with Crippen molar-refractivity contribution in [2.45, 2.75) is 64.4 Å². The van der Waals surface area contributed by atoms with Crippen molar-refractivity contribution in [2.24, 2.45) is 5.92 Å². The van der Waals surface area contributed by atoms with Crippen LogP contribution >= 0.6 is 0 Å². The fourth-order valence-electron chi connectivity index (χ4n) is 3.43. The van der Waals surface area contributed by atoms with Gasteiger partial charge < -0.3 is 10.1 Å². The number of fused-ring (bicyclic) bond motifs is 1. The first-order chi connectivity index (χ1) is 9.52. The molecule has 1 heterocycles. The molecule has 2 aliphatic rings. The zero-order valence-electron chi connectivity index (χ0n) is 13.0. The van der Waals surface area contributed by atoms with Crippen LogP contribution in [0.15, 0.2) is 18.2 Å². The summed E-state index contributed by atoms with van der Waals surface area (Å²) in [7, 11) is 0. The molecule has 0 spiro atoms. The van der Waals surface area contributed by atoms with Crippen molar-refractivity contribution in [3.05, 3.63) is 23.8 Å². The molecular formula is C18H27NO. The molecule has 1 fully saturated rings. The van der Waals surface area contributed by atoms with Gasteiger partial charge in [0.15, 0.2) is 0 Å². The van der Waals surface area contributed by atoms with Crippen molar-refractivity contribution < 1.29 is 4.74 Å². The van der Waals surface area contributed by atoms with Gasteiger partial charge in [-0.05, 0) is 35.4 Å². The molecule has 1 aromatic carbocycles. The minimum atomic E-state index is 0.192. The van der Waals surface area contributed by atoms with Crippen LogP contribution in [0, 0.1) is 5.92 Å². The maximum atomic E-state index is 6.20. The first kappa shape index (κ1) is 13.8. The molecule has 1 aliphatic carbocycles. The summed E-state index contributed by atoms with van der Waals surface area (Å²) in [5, 5.41) is 3.57. The van der Waals surface area contributed by atoms with Crippen LogP contribution in [-0.2, 0) is 5.41 Å². The Morgan fingerprint density at radius 3 is 2.65 bits per heavy atom. The molecule has 1 atom stereocenters. The highest BCUT2D eigenvalue weighted by molar-refractivity contribution is 5.60. The fraction of sp³-hybridized carbons (Fsp3) is 0.667. The van der Waals surface area contributed by atoms with Crippen LogP contribution in [-0.4, -0.2) is 12.6 Å². The van der Waals surface area contributed by atoms with E-state index in [4.69, 9.17) is 4.74 Å². The smallest absolute Gasteiger partial charge is 0.142 e. The first-order valence-corrected chi connectivity index (χ1v) is 8.07. The summed E-state index contributed by atoms with van der Waals surface area (Å²) in [5.41, 5.74) is 2.72. The van der Waals surface area contributed by atoms with Crippen molar-refractivity contribution in [1.29, 1.82) is 0 Å². The van der Waals surface area contributed by atoms with Gasteiger partial charge in [-0.2, -0.15) is 0 Å². The Hall–Kier alpha value is -1.18. The lowest BCUT2D eigenvalue weighted by Crippen LogP contribution is -2.32. The minimum absolute atomic E-state index is 0.192. The van der Waals surface area contributed by atoms with E-state index < -0.39 is 0 Å². The lowest BCUT2D eigenvalue weighted by Gasteiger charge is -2.30. The Morgan fingerprint density at radius 2 is 1.95 bits per heavy atom. The molecule has 0 aromatic heterocycles. The molecule has 1 aromatic rings. The predicted octanol–water partition coefficient (Wildman–Crippen LogP) is 4.74. The van der Waals surface area contributed by atoms with Crippen LogP contribution in [0.3, 0.4) is 0 Å². The van der Waals surface area contributed by atoms with E-state index in [0.717, 1.165) is 18.2 Å².